The average molecular weight is 219 g/mol. The Bertz CT molecular complexity index is 261. The molecule has 0 aromatic carbocycles. The molecule has 2 unspecified atom stereocenters. The molecule has 1 fully saturated rings. The smallest absolute Gasteiger partial charge is 0.153 e. The summed E-state index contributed by atoms with van der Waals surface area (Å²) in [5, 5.41) is -0.0854. The van der Waals surface area contributed by atoms with E-state index in [1.807, 2.05) is 0 Å². The van der Waals surface area contributed by atoms with Crippen molar-refractivity contribution in [2.75, 3.05) is 12.3 Å². The van der Waals surface area contributed by atoms with Crippen molar-refractivity contribution in [2.24, 2.45) is 11.7 Å². The summed E-state index contributed by atoms with van der Waals surface area (Å²) >= 11 is 0. The Morgan fingerprint density at radius 3 is 2.64 bits per heavy atom. The van der Waals surface area contributed by atoms with E-state index in [0.29, 0.717) is 18.9 Å². The molecule has 0 saturated heterocycles. The first-order chi connectivity index (χ1) is 6.56. The molecule has 1 rings (SSSR count). The summed E-state index contributed by atoms with van der Waals surface area (Å²) in [7, 11) is -2.86. The minimum absolute atomic E-state index is 0.0854. The highest BCUT2D eigenvalue weighted by molar-refractivity contribution is 7.92. The maximum atomic E-state index is 11.8. The number of hydrogen-bond donors (Lipinski definition) is 1. The molecule has 1 aliphatic carbocycles. The van der Waals surface area contributed by atoms with Gasteiger partial charge in [-0.05, 0) is 31.7 Å². The van der Waals surface area contributed by atoms with Gasteiger partial charge in [0.2, 0.25) is 0 Å². The van der Waals surface area contributed by atoms with E-state index in [2.05, 4.69) is 6.92 Å². The Kier molecular flexibility index (Phi) is 4.38. The molecule has 1 saturated carbocycles. The van der Waals surface area contributed by atoms with Gasteiger partial charge in [0.25, 0.3) is 0 Å². The molecule has 0 spiro atoms. The lowest BCUT2D eigenvalue weighted by atomic mass is 9.91. The fraction of sp³-hybridized carbons (Fsp3) is 1.00. The van der Waals surface area contributed by atoms with E-state index < -0.39 is 9.84 Å². The van der Waals surface area contributed by atoms with Crippen molar-refractivity contribution in [3.8, 4) is 0 Å². The highest BCUT2D eigenvalue weighted by Gasteiger charge is 2.29. The van der Waals surface area contributed by atoms with Crippen LogP contribution in [0.1, 0.15) is 39.0 Å². The molecule has 0 amide bonds. The Balaban J connectivity index is 2.53. The van der Waals surface area contributed by atoms with Gasteiger partial charge in [0.1, 0.15) is 0 Å². The van der Waals surface area contributed by atoms with Crippen LogP contribution in [-0.4, -0.2) is 26.0 Å². The zero-order chi connectivity index (χ0) is 10.6. The molecule has 0 heterocycles. The zero-order valence-corrected chi connectivity index (χ0v) is 9.72. The van der Waals surface area contributed by atoms with Crippen LogP contribution in [0, 0.1) is 5.92 Å². The summed E-state index contributed by atoms with van der Waals surface area (Å²) in [6.45, 7) is 2.62. The first-order valence-electron chi connectivity index (χ1n) is 5.48. The quantitative estimate of drug-likeness (QED) is 0.776. The Labute approximate surface area is 87.0 Å². The molecule has 4 heteroatoms. The summed E-state index contributed by atoms with van der Waals surface area (Å²) in [5.74, 6) is 0.849. The van der Waals surface area contributed by atoms with Gasteiger partial charge in [0.05, 0.1) is 11.0 Å². The third-order valence-electron chi connectivity index (χ3n) is 3.03. The van der Waals surface area contributed by atoms with Crippen LogP contribution < -0.4 is 5.73 Å². The van der Waals surface area contributed by atoms with Crippen LogP contribution in [0.3, 0.4) is 0 Å². The second kappa shape index (κ2) is 5.12. The van der Waals surface area contributed by atoms with Crippen molar-refractivity contribution in [3.63, 3.8) is 0 Å². The first-order valence-corrected chi connectivity index (χ1v) is 7.19. The van der Waals surface area contributed by atoms with Gasteiger partial charge in [-0.25, -0.2) is 8.42 Å². The normalized spacial score (nSPS) is 29.0. The first kappa shape index (κ1) is 12.0. The van der Waals surface area contributed by atoms with Gasteiger partial charge in [0.15, 0.2) is 9.84 Å². The van der Waals surface area contributed by atoms with Gasteiger partial charge >= 0.3 is 0 Å². The van der Waals surface area contributed by atoms with Crippen LogP contribution in [0.25, 0.3) is 0 Å². The molecule has 0 radical (unpaired) electrons. The summed E-state index contributed by atoms with van der Waals surface area (Å²) in [6.07, 6.45) is 4.56. The monoisotopic (exact) mass is 219 g/mol. The maximum absolute atomic E-state index is 11.8. The van der Waals surface area contributed by atoms with E-state index in [-0.39, 0.29) is 11.0 Å². The lowest BCUT2D eigenvalue weighted by molar-refractivity contribution is 0.382. The summed E-state index contributed by atoms with van der Waals surface area (Å²) < 4.78 is 23.7. The second-order valence-electron chi connectivity index (χ2n) is 4.40. The highest BCUT2D eigenvalue weighted by Crippen LogP contribution is 2.28. The predicted molar refractivity (Wildman–Crippen MR) is 58.9 cm³/mol. The van der Waals surface area contributed by atoms with E-state index in [9.17, 15) is 8.42 Å². The zero-order valence-electron chi connectivity index (χ0n) is 8.91. The van der Waals surface area contributed by atoms with E-state index in [1.54, 1.807) is 0 Å². The molecule has 1 aliphatic rings. The molecule has 14 heavy (non-hydrogen) atoms. The largest absolute Gasteiger partial charge is 0.330 e. The van der Waals surface area contributed by atoms with Crippen molar-refractivity contribution < 1.29 is 8.42 Å². The van der Waals surface area contributed by atoms with Crippen molar-refractivity contribution in [3.05, 3.63) is 0 Å². The minimum atomic E-state index is -2.86. The highest BCUT2D eigenvalue weighted by atomic mass is 32.2. The van der Waals surface area contributed by atoms with Crippen LogP contribution in [0.2, 0.25) is 0 Å². The molecule has 84 valence electrons. The van der Waals surface area contributed by atoms with Gasteiger partial charge in [-0.15, -0.1) is 0 Å². The summed E-state index contributed by atoms with van der Waals surface area (Å²) in [5.41, 5.74) is 5.33. The molecular formula is C10H21NO2S. The predicted octanol–water partition coefficient (Wildman–Crippen LogP) is 1.33. The van der Waals surface area contributed by atoms with Crippen molar-refractivity contribution in [1.82, 2.24) is 0 Å². The molecule has 0 bridgehead atoms. The number of sulfone groups is 1. The third kappa shape index (κ3) is 3.24. The molecule has 0 aromatic heterocycles. The van der Waals surface area contributed by atoms with Crippen LogP contribution in [0.5, 0.6) is 0 Å². The lowest BCUT2D eigenvalue weighted by Crippen LogP contribution is -2.30. The van der Waals surface area contributed by atoms with Crippen LogP contribution in [0.4, 0.5) is 0 Å². The molecule has 2 N–H and O–H groups in total. The Hall–Kier alpha value is -0.0900. The van der Waals surface area contributed by atoms with Crippen LogP contribution >= 0.6 is 0 Å². The lowest BCUT2D eigenvalue weighted by Gasteiger charge is -2.26. The third-order valence-corrected chi connectivity index (χ3v) is 5.33. The van der Waals surface area contributed by atoms with Gasteiger partial charge in [-0.1, -0.05) is 19.8 Å². The van der Waals surface area contributed by atoms with E-state index in [1.165, 1.54) is 6.42 Å². The second-order valence-corrected chi connectivity index (χ2v) is 6.80. The Morgan fingerprint density at radius 1 is 1.36 bits per heavy atom. The fourth-order valence-corrected chi connectivity index (χ4v) is 4.21. The molecule has 2 atom stereocenters. The van der Waals surface area contributed by atoms with Gasteiger partial charge in [-0.3, -0.25) is 0 Å². The topological polar surface area (TPSA) is 60.2 Å². The Morgan fingerprint density at radius 2 is 2.07 bits per heavy atom. The summed E-state index contributed by atoms with van der Waals surface area (Å²) in [6, 6.07) is 0. The maximum Gasteiger partial charge on any atom is 0.153 e. The van der Waals surface area contributed by atoms with Gasteiger partial charge in [-0.2, -0.15) is 0 Å². The molecule has 3 nitrogen and oxygen atoms in total. The number of nitrogens with two attached hydrogens (primary N) is 1. The van der Waals surface area contributed by atoms with Crippen LogP contribution in [0.15, 0.2) is 0 Å². The van der Waals surface area contributed by atoms with Crippen molar-refractivity contribution >= 4 is 9.84 Å². The van der Waals surface area contributed by atoms with Crippen LogP contribution in [-0.2, 0) is 9.84 Å². The molecule has 0 aromatic rings. The average Bonchev–Trinajstić information content (AvgIpc) is 2.15. The standard InChI is InChI=1S/C10H21NO2S/c1-9-4-2-5-10(8-9)14(12,13)7-3-6-11/h9-10H,2-8,11H2,1H3. The number of rotatable bonds is 4. The SMILES string of the molecule is CC1CCCC(S(=O)(=O)CCCN)C1. The minimum Gasteiger partial charge on any atom is -0.330 e. The van der Waals surface area contributed by atoms with Crippen molar-refractivity contribution in [1.29, 1.82) is 0 Å². The number of hydrogen-bond acceptors (Lipinski definition) is 3. The van der Waals surface area contributed by atoms with Gasteiger partial charge in [0, 0.05) is 0 Å². The molecule has 0 aliphatic heterocycles. The van der Waals surface area contributed by atoms with E-state index >= 15 is 0 Å². The fourth-order valence-electron chi connectivity index (χ4n) is 2.16. The summed E-state index contributed by atoms with van der Waals surface area (Å²) in [4.78, 5) is 0. The van der Waals surface area contributed by atoms with Gasteiger partial charge < -0.3 is 5.73 Å². The van der Waals surface area contributed by atoms with E-state index in [0.717, 1.165) is 19.3 Å². The van der Waals surface area contributed by atoms with Crippen molar-refractivity contribution in [2.45, 2.75) is 44.3 Å². The molecular weight excluding hydrogens is 198 g/mol. The van der Waals surface area contributed by atoms with E-state index in [4.69, 9.17) is 5.73 Å².